The van der Waals surface area contributed by atoms with Crippen molar-refractivity contribution in [3.8, 4) is 61.4 Å². The molecule has 1 N–H and O–H groups in total. The average molecular weight is 1020 g/mol. The first-order valence-electron chi connectivity index (χ1n) is 26.7. The Morgan fingerprint density at radius 2 is 0.507 bits per heavy atom. The summed E-state index contributed by atoms with van der Waals surface area (Å²) >= 11 is 0. The van der Waals surface area contributed by atoms with Gasteiger partial charge in [-0.05, 0) is 121 Å². The van der Waals surface area contributed by atoms with E-state index in [1.807, 2.05) is 0 Å². The van der Waals surface area contributed by atoms with Gasteiger partial charge in [-0.3, -0.25) is 4.31 Å². The van der Waals surface area contributed by atoms with E-state index in [0.29, 0.717) is 0 Å². The van der Waals surface area contributed by atoms with Gasteiger partial charge in [-0.15, -0.1) is 0 Å². The SMILES string of the molecule is CC(C)(C)c1cccc(C(C)(C)C)c1-c1c(OPOPO)c(-c2c(C(C)(C)C)cccc2C(C)(C)C)c(-c2c(C(C)(C)C)cccc2C(C)(C)C)c(-c2ccccc2)c1-c1c(C(C)(C)C)cccc1C(C)(C)C. The van der Waals surface area contributed by atoms with E-state index in [9.17, 15) is 4.89 Å². The Morgan fingerprint density at radius 3 is 0.726 bits per heavy atom. The van der Waals surface area contributed by atoms with Gasteiger partial charge in [-0.2, -0.15) is 0 Å². The zero-order valence-electron chi connectivity index (χ0n) is 49.6. The Bertz CT molecular complexity index is 2650. The second kappa shape index (κ2) is 20.5. The van der Waals surface area contributed by atoms with Crippen LogP contribution in [0.1, 0.15) is 211 Å². The standard InChI is InChI=1S/C68H92O3P2/c1-61(2,3)43-34-28-35-44(62(4,5)6)52(43)56-51(42-32-26-25-27-33-42)57(53-45(63(7,8)9)36-29-37-46(53)64(10,11)12)59(55-49(67(19,20)21)40-31-41-50(55)68(22,23)24)60(70-73-71-72-69)58(56)54-47(65(13,14)15)38-30-39-48(54)66(16,17)18/h25-41,69,72-73H,1-24H3. The van der Waals surface area contributed by atoms with Crippen LogP contribution in [0.15, 0.2) is 103 Å². The largest absolute Gasteiger partial charge is 0.448 e. The van der Waals surface area contributed by atoms with Crippen LogP contribution in [0.2, 0.25) is 0 Å². The highest BCUT2D eigenvalue weighted by Gasteiger charge is 2.42. The van der Waals surface area contributed by atoms with Crippen molar-refractivity contribution in [2.45, 2.75) is 209 Å². The van der Waals surface area contributed by atoms with Crippen LogP contribution in [0, 0.1) is 0 Å². The molecule has 0 aromatic heterocycles. The van der Waals surface area contributed by atoms with E-state index >= 15 is 0 Å². The molecule has 0 aliphatic rings. The third-order valence-electron chi connectivity index (χ3n) is 14.5. The fourth-order valence-corrected chi connectivity index (χ4v) is 11.7. The van der Waals surface area contributed by atoms with Gasteiger partial charge < -0.3 is 9.42 Å². The summed E-state index contributed by atoms with van der Waals surface area (Å²) in [4.78, 5) is 10.6. The molecule has 0 aliphatic heterocycles. The first-order valence-corrected chi connectivity index (χ1v) is 28.3. The summed E-state index contributed by atoms with van der Waals surface area (Å²) in [5, 5.41) is 0. The van der Waals surface area contributed by atoms with Crippen molar-refractivity contribution >= 4 is 18.1 Å². The van der Waals surface area contributed by atoms with E-state index in [2.05, 4.69) is 269 Å². The van der Waals surface area contributed by atoms with Crippen molar-refractivity contribution in [3.63, 3.8) is 0 Å². The van der Waals surface area contributed by atoms with Gasteiger partial charge in [-0.25, -0.2) is 0 Å². The molecule has 392 valence electrons. The smallest absolute Gasteiger partial charge is 0.220 e. The van der Waals surface area contributed by atoms with Crippen LogP contribution in [0.3, 0.4) is 0 Å². The molecule has 73 heavy (non-hydrogen) atoms. The Balaban J connectivity index is 2.36. The highest BCUT2D eigenvalue weighted by atomic mass is 31.2. The third kappa shape index (κ3) is 12.0. The van der Waals surface area contributed by atoms with E-state index in [1.54, 1.807) is 0 Å². The summed E-state index contributed by atoms with van der Waals surface area (Å²) in [5.41, 5.74) is 19.4. The van der Waals surface area contributed by atoms with Gasteiger partial charge >= 0.3 is 0 Å². The van der Waals surface area contributed by atoms with Crippen LogP contribution < -0.4 is 4.52 Å². The second-order valence-electron chi connectivity index (χ2n) is 28.9. The fraction of sp³-hybridized carbons (Fsp3) is 0.471. The summed E-state index contributed by atoms with van der Waals surface area (Å²) in [6.07, 6.45) is 0. The topological polar surface area (TPSA) is 38.7 Å². The van der Waals surface area contributed by atoms with Crippen LogP contribution in [-0.4, -0.2) is 4.89 Å². The second-order valence-corrected chi connectivity index (χ2v) is 30.2. The molecule has 0 heterocycles. The van der Waals surface area contributed by atoms with Crippen molar-refractivity contribution in [1.29, 1.82) is 0 Å². The van der Waals surface area contributed by atoms with Gasteiger partial charge in [-0.1, -0.05) is 269 Å². The summed E-state index contributed by atoms with van der Waals surface area (Å²) in [7, 11) is -1.24. The number of hydrogen-bond acceptors (Lipinski definition) is 3. The summed E-state index contributed by atoms with van der Waals surface area (Å²) in [6.45, 7) is 56.7. The Morgan fingerprint density at radius 1 is 0.274 bits per heavy atom. The zero-order chi connectivity index (χ0) is 54.8. The lowest BCUT2D eigenvalue weighted by atomic mass is 9.64. The fourth-order valence-electron chi connectivity index (χ4n) is 11.1. The molecule has 0 fully saturated rings. The van der Waals surface area contributed by atoms with Gasteiger partial charge in [0.1, 0.15) is 5.75 Å². The predicted octanol–water partition coefficient (Wildman–Crippen LogP) is 20.8. The molecule has 0 radical (unpaired) electrons. The normalized spacial score (nSPS) is 13.8. The number of rotatable bonds is 9. The lowest BCUT2D eigenvalue weighted by Gasteiger charge is -2.39. The van der Waals surface area contributed by atoms with E-state index in [-0.39, 0.29) is 43.3 Å². The minimum Gasteiger partial charge on any atom is -0.448 e. The number of hydrogen-bond donors (Lipinski definition) is 1. The van der Waals surface area contributed by atoms with Crippen molar-refractivity contribution in [1.82, 2.24) is 0 Å². The maximum atomic E-state index is 10.6. The van der Waals surface area contributed by atoms with E-state index < -0.39 is 18.1 Å². The predicted molar refractivity (Wildman–Crippen MR) is 324 cm³/mol. The molecule has 6 aromatic rings. The molecule has 5 heteroatoms. The third-order valence-corrected chi connectivity index (χ3v) is 15.5. The molecule has 0 aliphatic carbocycles. The molecule has 0 bridgehead atoms. The van der Waals surface area contributed by atoms with Gasteiger partial charge in [0.05, 0.1) is 0 Å². The van der Waals surface area contributed by atoms with Crippen molar-refractivity contribution in [2.24, 2.45) is 0 Å². The highest BCUT2D eigenvalue weighted by molar-refractivity contribution is 7.40. The first kappa shape index (κ1) is 58.2. The Kier molecular flexibility index (Phi) is 16.3. The Labute approximate surface area is 448 Å². The monoisotopic (exact) mass is 1020 g/mol. The lowest BCUT2D eigenvalue weighted by Crippen LogP contribution is -2.23. The number of benzene rings is 6. The van der Waals surface area contributed by atoms with Crippen LogP contribution in [-0.2, 0) is 47.6 Å². The summed E-state index contributed by atoms with van der Waals surface area (Å²) < 4.78 is 13.9. The van der Waals surface area contributed by atoms with E-state index in [1.165, 1.54) is 72.3 Å². The first-order chi connectivity index (χ1) is 33.3. The van der Waals surface area contributed by atoms with Gasteiger partial charge in [0.25, 0.3) is 0 Å². The van der Waals surface area contributed by atoms with Gasteiger partial charge in [0.15, 0.2) is 9.03 Å². The minimum atomic E-state index is -0.745. The average Bonchev–Trinajstić information content (AvgIpc) is 3.25. The molecule has 0 spiro atoms. The lowest BCUT2D eigenvalue weighted by molar-refractivity contribution is 0.498. The van der Waals surface area contributed by atoms with Crippen molar-refractivity contribution in [3.05, 3.63) is 148 Å². The summed E-state index contributed by atoms with van der Waals surface area (Å²) in [6, 6.07) is 39.3. The zero-order valence-corrected chi connectivity index (χ0v) is 51.6. The molecule has 0 amide bonds. The van der Waals surface area contributed by atoms with Crippen molar-refractivity contribution in [2.75, 3.05) is 0 Å². The molecule has 3 nitrogen and oxygen atoms in total. The van der Waals surface area contributed by atoms with Crippen LogP contribution in [0.5, 0.6) is 5.75 Å². The van der Waals surface area contributed by atoms with Gasteiger partial charge in [0.2, 0.25) is 9.03 Å². The van der Waals surface area contributed by atoms with Crippen LogP contribution in [0.25, 0.3) is 55.6 Å². The quantitative estimate of drug-likeness (QED) is 0.116. The molecule has 0 saturated carbocycles. The summed E-state index contributed by atoms with van der Waals surface area (Å²) in [5.74, 6) is 0.776. The molecular weight excluding hydrogens is 927 g/mol. The van der Waals surface area contributed by atoms with Crippen LogP contribution >= 0.6 is 18.1 Å². The molecule has 6 aromatic carbocycles. The maximum Gasteiger partial charge on any atom is 0.220 e. The molecule has 2 atom stereocenters. The highest BCUT2D eigenvalue weighted by Crippen LogP contribution is 2.64. The van der Waals surface area contributed by atoms with Gasteiger partial charge in [0, 0.05) is 22.3 Å². The van der Waals surface area contributed by atoms with E-state index in [4.69, 9.17) is 8.83 Å². The van der Waals surface area contributed by atoms with Crippen molar-refractivity contribution < 1.29 is 13.7 Å². The minimum absolute atomic E-state index is 0.279. The van der Waals surface area contributed by atoms with E-state index in [0.717, 1.165) is 33.6 Å². The van der Waals surface area contributed by atoms with Crippen LogP contribution in [0.4, 0.5) is 0 Å². The molecule has 6 rings (SSSR count). The Hall–Kier alpha value is -4.10. The molecular formula is C68H92O3P2. The molecule has 2 unspecified atom stereocenters. The maximum absolute atomic E-state index is 10.6. The molecule has 0 saturated heterocycles.